The largest absolute Gasteiger partial charge is 2.00 e. The average Bonchev–Trinajstić information content (AvgIpc) is 0.722. The number of rotatable bonds is 0. The minimum atomic E-state index is -3.67. The van der Waals surface area contributed by atoms with Crippen molar-refractivity contribution in [2.45, 2.75) is 0 Å². The molecule has 0 amide bonds. The van der Waals surface area contributed by atoms with Gasteiger partial charge in [0, 0.05) is 0 Å². The van der Waals surface area contributed by atoms with Crippen molar-refractivity contribution < 1.29 is 15.8 Å². The summed E-state index contributed by atoms with van der Waals surface area (Å²) in [6.45, 7) is 0. The fraction of sp³-hybridized carbons (Fsp3) is 1.00. The van der Waals surface area contributed by atoms with Gasteiger partial charge in [0.25, 0.3) is 10.1 Å². The molecule has 0 saturated heterocycles. The summed E-state index contributed by atoms with van der Waals surface area (Å²) in [6.07, 6.45) is 0.715. The van der Waals surface area contributed by atoms with Gasteiger partial charge in [0.05, 0.1) is 6.26 Å². The molecule has 0 spiro atoms. The Kier molecular flexibility index (Phi) is 5.89. The van der Waals surface area contributed by atoms with Crippen LogP contribution < -0.4 is 0 Å². The van der Waals surface area contributed by atoms with Gasteiger partial charge in [-0.05, 0) is 0 Å². The Labute approximate surface area is 76.7 Å². The second-order valence-corrected chi connectivity index (χ2v) is 2.20. The van der Waals surface area contributed by atoms with Crippen LogP contribution in [0.15, 0.2) is 0 Å². The van der Waals surface area contributed by atoms with Crippen LogP contribution in [0.3, 0.4) is 0 Å². The van der Waals surface area contributed by atoms with E-state index in [1.54, 1.807) is 0 Å². The molecule has 0 aliphatic carbocycles. The Morgan fingerprint density at radius 2 is 1.67 bits per heavy atom. The minimum absolute atomic E-state index is 0. The van der Waals surface area contributed by atoms with Crippen LogP contribution in [-0.4, -0.2) is 64.7 Å². The first-order chi connectivity index (χ1) is 2.00. The smallest absolute Gasteiger partial charge is 1.00 e. The molecule has 0 rings (SSSR count). The topological polar surface area (TPSA) is 54.4 Å². The van der Waals surface area contributed by atoms with Crippen molar-refractivity contribution >= 4 is 55.6 Å². The Bertz CT molecular complexity index is 100. The first kappa shape index (κ1) is 10.4. The van der Waals surface area contributed by atoms with Crippen molar-refractivity contribution in [3.63, 3.8) is 0 Å². The fourth-order valence-corrected chi connectivity index (χ4v) is 0. The summed E-state index contributed by atoms with van der Waals surface area (Å²) in [6, 6.07) is 0. The van der Waals surface area contributed by atoms with Crippen molar-refractivity contribution in [1.29, 1.82) is 0 Å². The molecule has 0 saturated carbocycles. The van der Waals surface area contributed by atoms with Crippen LogP contribution in [0.1, 0.15) is 2.85 Å². The summed E-state index contributed by atoms with van der Waals surface area (Å²) >= 11 is 0. The van der Waals surface area contributed by atoms with Crippen molar-refractivity contribution in [2.24, 2.45) is 0 Å². The van der Waals surface area contributed by atoms with Crippen LogP contribution in [0.2, 0.25) is 0 Å². The molecular formula is CH6O3SSr. The van der Waals surface area contributed by atoms with Crippen LogP contribution in [0, 0.1) is 0 Å². The van der Waals surface area contributed by atoms with Gasteiger partial charge in [0.15, 0.2) is 0 Å². The quantitative estimate of drug-likeness (QED) is 0.403. The zero-order valence-corrected chi connectivity index (χ0v) is 7.67. The van der Waals surface area contributed by atoms with Crippen LogP contribution >= 0.6 is 0 Å². The van der Waals surface area contributed by atoms with E-state index in [1.165, 1.54) is 0 Å². The van der Waals surface area contributed by atoms with Crippen molar-refractivity contribution in [2.75, 3.05) is 6.26 Å². The van der Waals surface area contributed by atoms with Crippen LogP contribution in [0.5, 0.6) is 0 Å². The number of hydrogen-bond acceptors (Lipinski definition) is 2. The maximum Gasteiger partial charge on any atom is 2.00 e. The van der Waals surface area contributed by atoms with Gasteiger partial charge in [-0.2, -0.15) is 8.42 Å². The molecule has 0 fully saturated rings. The predicted molar refractivity (Wildman–Crippen MR) is 25.5 cm³/mol. The molecule has 5 heteroatoms. The van der Waals surface area contributed by atoms with Crippen molar-refractivity contribution in [1.82, 2.24) is 0 Å². The van der Waals surface area contributed by atoms with Gasteiger partial charge in [-0.25, -0.2) is 0 Å². The summed E-state index contributed by atoms with van der Waals surface area (Å²) in [5.74, 6) is 0. The third-order valence-corrected chi connectivity index (χ3v) is 0. The van der Waals surface area contributed by atoms with E-state index in [9.17, 15) is 8.42 Å². The van der Waals surface area contributed by atoms with Crippen LogP contribution in [0.4, 0.5) is 0 Å². The zero-order valence-electron chi connectivity index (χ0n) is 5.38. The molecule has 0 heterocycles. The van der Waals surface area contributed by atoms with Gasteiger partial charge in [0.2, 0.25) is 0 Å². The van der Waals surface area contributed by atoms with Gasteiger partial charge in [-0.15, -0.1) is 0 Å². The standard InChI is InChI=1S/CH4O3S.Sr.2H/c1-5(2,3)4;;;/h1H3,(H,2,3,4);;;/q;+2;2*-1. The predicted octanol–water partition coefficient (Wildman–Crippen LogP) is -0.652. The molecule has 6 heavy (non-hydrogen) atoms. The molecule has 0 radical (unpaired) electrons. The third kappa shape index (κ3) is 53.7. The van der Waals surface area contributed by atoms with Crippen LogP contribution in [0.25, 0.3) is 0 Å². The molecule has 36 valence electrons. The molecule has 0 aromatic rings. The van der Waals surface area contributed by atoms with E-state index >= 15 is 0 Å². The Hall–Kier alpha value is 1.39. The van der Waals surface area contributed by atoms with Crippen molar-refractivity contribution in [3.8, 4) is 0 Å². The molecule has 0 aliphatic heterocycles. The molecule has 0 aromatic carbocycles. The van der Waals surface area contributed by atoms with E-state index < -0.39 is 10.1 Å². The monoisotopic (exact) mass is 186 g/mol. The summed E-state index contributed by atoms with van der Waals surface area (Å²) in [5.41, 5.74) is 0. The molecule has 0 unspecified atom stereocenters. The SMILES string of the molecule is CS(=O)(=O)O.[H-].[H-].[Sr+2]. The molecule has 1 N–H and O–H groups in total. The van der Waals surface area contributed by atoms with Crippen LogP contribution in [-0.2, 0) is 10.1 Å². The summed E-state index contributed by atoms with van der Waals surface area (Å²) in [7, 11) is -3.67. The second-order valence-electron chi connectivity index (χ2n) is 0.733. The fourth-order valence-electron chi connectivity index (χ4n) is 0. The molecule has 0 aromatic heterocycles. The maximum absolute atomic E-state index is 9.19. The average molecular weight is 186 g/mol. The van der Waals surface area contributed by atoms with Gasteiger partial charge in [-0.1, -0.05) is 0 Å². The van der Waals surface area contributed by atoms with E-state index in [0.29, 0.717) is 6.26 Å². The Morgan fingerprint density at radius 1 is 1.67 bits per heavy atom. The van der Waals surface area contributed by atoms with Gasteiger partial charge < -0.3 is 2.85 Å². The zero-order chi connectivity index (χ0) is 4.50. The Balaban J connectivity index is -0.0000000267. The summed E-state index contributed by atoms with van der Waals surface area (Å²) in [4.78, 5) is 0. The summed E-state index contributed by atoms with van der Waals surface area (Å²) in [5, 5.41) is 0. The normalized spacial score (nSPS) is 9.67. The van der Waals surface area contributed by atoms with Gasteiger partial charge in [-0.3, -0.25) is 4.55 Å². The van der Waals surface area contributed by atoms with E-state index in [-0.39, 0.29) is 48.3 Å². The van der Waals surface area contributed by atoms with Gasteiger partial charge in [0.1, 0.15) is 0 Å². The number of hydrogen-bond donors (Lipinski definition) is 1. The van der Waals surface area contributed by atoms with E-state index in [0.717, 1.165) is 0 Å². The first-order valence-corrected chi connectivity index (χ1v) is 2.77. The molecule has 0 bridgehead atoms. The van der Waals surface area contributed by atoms with E-state index in [1.807, 2.05) is 0 Å². The minimum Gasteiger partial charge on any atom is -1.00 e. The molecule has 3 nitrogen and oxygen atoms in total. The third-order valence-electron chi connectivity index (χ3n) is 0. The molecule has 0 atom stereocenters. The Morgan fingerprint density at radius 3 is 1.67 bits per heavy atom. The first-order valence-electron chi connectivity index (χ1n) is 0.924. The van der Waals surface area contributed by atoms with Crippen molar-refractivity contribution in [3.05, 3.63) is 0 Å². The van der Waals surface area contributed by atoms with E-state index in [4.69, 9.17) is 4.55 Å². The molecular weight excluding hydrogens is 180 g/mol. The second kappa shape index (κ2) is 3.40. The summed E-state index contributed by atoms with van der Waals surface area (Å²) < 4.78 is 25.9. The van der Waals surface area contributed by atoms with E-state index in [2.05, 4.69) is 0 Å². The van der Waals surface area contributed by atoms with Gasteiger partial charge >= 0.3 is 45.5 Å². The molecule has 0 aliphatic rings. The maximum atomic E-state index is 9.19.